The second kappa shape index (κ2) is 6.73. The SMILES string of the molecule is O=C(CCS(=O)(=O)c1ccccc1F)Nc1ccc2c(c1)CCC2. The Balaban J connectivity index is 1.62. The molecule has 0 fully saturated rings. The molecule has 1 aliphatic rings. The average molecular weight is 347 g/mol. The van der Waals surface area contributed by atoms with Crippen LogP contribution in [-0.4, -0.2) is 20.1 Å². The third-order valence-electron chi connectivity index (χ3n) is 4.15. The van der Waals surface area contributed by atoms with Crippen LogP contribution in [0.4, 0.5) is 10.1 Å². The van der Waals surface area contributed by atoms with Crippen LogP contribution in [0.5, 0.6) is 0 Å². The summed E-state index contributed by atoms with van der Waals surface area (Å²) in [5, 5.41) is 2.71. The van der Waals surface area contributed by atoms with Crippen LogP contribution >= 0.6 is 0 Å². The number of carbonyl (C=O) groups is 1. The van der Waals surface area contributed by atoms with Crippen LogP contribution in [0.25, 0.3) is 0 Å². The number of sulfone groups is 1. The summed E-state index contributed by atoms with van der Waals surface area (Å²) in [4.78, 5) is 11.6. The maximum absolute atomic E-state index is 13.6. The van der Waals surface area contributed by atoms with Crippen LogP contribution in [0.3, 0.4) is 0 Å². The monoisotopic (exact) mass is 347 g/mol. The molecule has 0 saturated carbocycles. The standard InChI is InChI=1S/C18H18FNO3S/c19-16-6-1-2-7-17(16)24(22,23)11-10-18(21)20-15-9-8-13-4-3-5-14(13)12-15/h1-2,6-9,12H,3-5,10-11H2,(H,20,21). The molecule has 1 amide bonds. The lowest BCUT2D eigenvalue weighted by Crippen LogP contribution is -2.18. The normalized spacial score (nSPS) is 13.5. The van der Waals surface area contributed by atoms with Crippen molar-refractivity contribution in [3.63, 3.8) is 0 Å². The van der Waals surface area contributed by atoms with E-state index >= 15 is 0 Å². The molecule has 0 unspecified atom stereocenters. The highest BCUT2D eigenvalue weighted by Crippen LogP contribution is 2.25. The number of halogens is 1. The molecule has 6 heteroatoms. The van der Waals surface area contributed by atoms with Crippen LogP contribution in [0.2, 0.25) is 0 Å². The fourth-order valence-corrected chi connectivity index (χ4v) is 4.23. The number of carbonyl (C=O) groups excluding carboxylic acids is 1. The van der Waals surface area contributed by atoms with Crippen molar-refractivity contribution in [1.29, 1.82) is 0 Å². The summed E-state index contributed by atoms with van der Waals surface area (Å²) < 4.78 is 37.9. The van der Waals surface area contributed by atoms with Gasteiger partial charge < -0.3 is 5.32 Å². The van der Waals surface area contributed by atoms with Gasteiger partial charge in [-0.15, -0.1) is 0 Å². The maximum atomic E-state index is 13.6. The molecule has 0 aromatic heterocycles. The number of amides is 1. The zero-order valence-electron chi connectivity index (χ0n) is 13.1. The van der Waals surface area contributed by atoms with Gasteiger partial charge in [0.15, 0.2) is 9.84 Å². The van der Waals surface area contributed by atoms with E-state index in [2.05, 4.69) is 5.32 Å². The van der Waals surface area contributed by atoms with Crippen molar-refractivity contribution in [3.8, 4) is 0 Å². The topological polar surface area (TPSA) is 63.2 Å². The first-order valence-electron chi connectivity index (χ1n) is 7.85. The van der Waals surface area contributed by atoms with Gasteiger partial charge in [-0.05, 0) is 54.7 Å². The second-order valence-corrected chi connectivity index (χ2v) is 7.96. The molecule has 1 N–H and O–H groups in total. The first-order chi connectivity index (χ1) is 11.5. The zero-order valence-corrected chi connectivity index (χ0v) is 13.9. The lowest BCUT2D eigenvalue weighted by Gasteiger charge is -2.08. The molecule has 0 bridgehead atoms. The fraction of sp³-hybridized carbons (Fsp3) is 0.278. The Labute approximate surface area is 140 Å². The number of rotatable bonds is 5. The van der Waals surface area contributed by atoms with Crippen molar-refractivity contribution in [3.05, 3.63) is 59.4 Å². The lowest BCUT2D eigenvalue weighted by molar-refractivity contribution is -0.115. The molecule has 2 aromatic rings. The molecule has 4 nitrogen and oxygen atoms in total. The first-order valence-corrected chi connectivity index (χ1v) is 9.50. The molecule has 0 atom stereocenters. The van der Waals surface area contributed by atoms with E-state index in [1.165, 1.54) is 29.3 Å². The van der Waals surface area contributed by atoms with Gasteiger partial charge in [-0.25, -0.2) is 12.8 Å². The highest BCUT2D eigenvalue weighted by molar-refractivity contribution is 7.91. The predicted octanol–water partition coefficient (Wildman–Crippen LogP) is 3.12. The number of fused-ring (bicyclic) bond motifs is 1. The van der Waals surface area contributed by atoms with Gasteiger partial charge in [-0.3, -0.25) is 4.79 Å². The lowest BCUT2D eigenvalue weighted by atomic mass is 10.1. The highest BCUT2D eigenvalue weighted by atomic mass is 32.2. The van der Waals surface area contributed by atoms with E-state index in [0.29, 0.717) is 5.69 Å². The minimum atomic E-state index is -3.82. The van der Waals surface area contributed by atoms with Crippen LogP contribution in [-0.2, 0) is 27.5 Å². The summed E-state index contributed by atoms with van der Waals surface area (Å²) in [6.45, 7) is 0. The molecule has 0 radical (unpaired) electrons. The summed E-state index contributed by atoms with van der Waals surface area (Å²) in [6.07, 6.45) is 2.96. The summed E-state index contributed by atoms with van der Waals surface area (Å²) in [7, 11) is -3.82. The number of hydrogen-bond donors (Lipinski definition) is 1. The Morgan fingerprint density at radius 1 is 1.08 bits per heavy atom. The Morgan fingerprint density at radius 3 is 2.62 bits per heavy atom. The van der Waals surface area contributed by atoms with E-state index in [0.717, 1.165) is 25.3 Å². The summed E-state index contributed by atoms with van der Waals surface area (Å²) in [5.41, 5.74) is 3.20. The minimum Gasteiger partial charge on any atom is -0.326 e. The minimum absolute atomic E-state index is 0.215. The molecule has 24 heavy (non-hydrogen) atoms. The number of aryl methyl sites for hydroxylation is 2. The van der Waals surface area contributed by atoms with E-state index in [9.17, 15) is 17.6 Å². The summed E-state index contributed by atoms with van der Waals surface area (Å²) >= 11 is 0. The van der Waals surface area contributed by atoms with E-state index in [4.69, 9.17) is 0 Å². The van der Waals surface area contributed by atoms with Gasteiger partial charge in [0, 0.05) is 12.1 Å². The van der Waals surface area contributed by atoms with Crippen molar-refractivity contribution in [1.82, 2.24) is 0 Å². The van der Waals surface area contributed by atoms with Gasteiger partial charge >= 0.3 is 0 Å². The van der Waals surface area contributed by atoms with Gasteiger partial charge in [0.1, 0.15) is 10.7 Å². The molecule has 0 spiro atoms. The number of hydrogen-bond acceptors (Lipinski definition) is 3. The Morgan fingerprint density at radius 2 is 1.83 bits per heavy atom. The zero-order chi connectivity index (χ0) is 17.2. The van der Waals surface area contributed by atoms with Gasteiger partial charge in [0.25, 0.3) is 0 Å². The van der Waals surface area contributed by atoms with Crippen LogP contribution in [0.1, 0.15) is 24.0 Å². The highest BCUT2D eigenvalue weighted by Gasteiger charge is 2.20. The molecule has 0 heterocycles. The maximum Gasteiger partial charge on any atom is 0.225 e. The third-order valence-corrected chi connectivity index (χ3v) is 5.89. The van der Waals surface area contributed by atoms with Crippen LogP contribution < -0.4 is 5.32 Å². The Hall–Kier alpha value is -2.21. The Kier molecular flexibility index (Phi) is 4.66. The molecular weight excluding hydrogens is 329 g/mol. The molecule has 0 aliphatic heterocycles. The van der Waals surface area contributed by atoms with Crippen molar-refractivity contribution >= 4 is 21.4 Å². The molecular formula is C18H18FNO3S. The van der Waals surface area contributed by atoms with Gasteiger partial charge in [0.2, 0.25) is 5.91 Å². The van der Waals surface area contributed by atoms with E-state index in [1.54, 1.807) is 0 Å². The summed E-state index contributed by atoms with van der Waals surface area (Å²) in [6, 6.07) is 10.9. The number of anilines is 1. The molecule has 126 valence electrons. The largest absolute Gasteiger partial charge is 0.326 e. The fourth-order valence-electron chi connectivity index (χ4n) is 2.91. The van der Waals surface area contributed by atoms with Crippen molar-refractivity contribution < 1.29 is 17.6 Å². The molecule has 3 rings (SSSR count). The van der Waals surface area contributed by atoms with Crippen molar-refractivity contribution in [2.75, 3.05) is 11.1 Å². The van der Waals surface area contributed by atoms with Gasteiger partial charge in [-0.2, -0.15) is 0 Å². The second-order valence-electron chi connectivity index (χ2n) is 5.88. The first kappa shape index (κ1) is 16.6. The quantitative estimate of drug-likeness (QED) is 0.904. The molecule has 2 aromatic carbocycles. The number of benzene rings is 2. The number of nitrogens with one attached hydrogen (secondary N) is 1. The van der Waals surface area contributed by atoms with E-state index in [1.807, 2.05) is 18.2 Å². The van der Waals surface area contributed by atoms with Crippen molar-refractivity contribution in [2.45, 2.75) is 30.6 Å². The van der Waals surface area contributed by atoms with Gasteiger partial charge in [-0.1, -0.05) is 18.2 Å². The van der Waals surface area contributed by atoms with Crippen LogP contribution in [0, 0.1) is 5.82 Å². The van der Waals surface area contributed by atoms with E-state index < -0.39 is 27.3 Å². The molecule has 0 saturated heterocycles. The third kappa shape index (κ3) is 3.64. The van der Waals surface area contributed by atoms with E-state index in [-0.39, 0.29) is 11.3 Å². The smallest absolute Gasteiger partial charge is 0.225 e. The van der Waals surface area contributed by atoms with Gasteiger partial charge in [0.05, 0.1) is 5.75 Å². The Bertz CT molecular complexity index is 878. The molecule has 1 aliphatic carbocycles. The summed E-state index contributed by atoms with van der Waals surface area (Å²) in [5.74, 6) is -1.62. The predicted molar refractivity (Wildman–Crippen MR) is 90.2 cm³/mol. The van der Waals surface area contributed by atoms with Crippen molar-refractivity contribution in [2.24, 2.45) is 0 Å². The average Bonchev–Trinajstić information content (AvgIpc) is 3.01. The van der Waals surface area contributed by atoms with Crippen LogP contribution in [0.15, 0.2) is 47.4 Å².